The first-order valence-electron chi connectivity index (χ1n) is 11.7. The summed E-state index contributed by atoms with van der Waals surface area (Å²) in [5.41, 5.74) is 3.80. The van der Waals surface area contributed by atoms with Gasteiger partial charge in [0.1, 0.15) is 5.75 Å². The maximum absolute atomic E-state index is 13.4. The van der Waals surface area contributed by atoms with E-state index in [1.807, 2.05) is 44.2 Å². The largest absolute Gasteiger partial charge is 0.505 e. The first-order valence-corrected chi connectivity index (χ1v) is 12.1. The predicted molar refractivity (Wildman–Crippen MR) is 138 cm³/mol. The number of aliphatic carboxylic acids is 1. The van der Waals surface area contributed by atoms with Crippen molar-refractivity contribution >= 4 is 29.3 Å². The van der Waals surface area contributed by atoms with E-state index in [-0.39, 0.29) is 24.4 Å². The highest BCUT2D eigenvalue weighted by atomic mass is 35.5. The third-order valence-electron chi connectivity index (χ3n) is 6.35. The number of halogens is 1. The van der Waals surface area contributed by atoms with Gasteiger partial charge in [-0.25, -0.2) is 4.79 Å². The van der Waals surface area contributed by atoms with Crippen LogP contribution in [0, 0.1) is 13.8 Å². The van der Waals surface area contributed by atoms with E-state index in [0.717, 1.165) is 28.8 Å². The van der Waals surface area contributed by atoms with Crippen molar-refractivity contribution in [2.45, 2.75) is 52.1 Å². The lowest BCUT2D eigenvalue weighted by molar-refractivity contribution is -0.137. The lowest BCUT2D eigenvalue weighted by atomic mass is 9.99. The number of benzene rings is 2. The average Bonchev–Trinajstić information content (AvgIpc) is 3.29. The molecule has 0 radical (unpaired) electrons. The monoisotopic (exact) mass is 509 g/mol. The number of urea groups is 1. The lowest BCUT2D eigenvalue weighted by Gasteiger charge is -2.21. The zero-order chi connectivity index (χ0) is 26.0. The zero-order valence-corrected chi connectivity index (χ0v) is 20.9. The van der Waals surface area contributed by atoms with Gasteiger partial charge in [0.05, 0.1) is 19.0 Å². The number of anilines is 1. The van der Waals surface area contributed by atoms with Gasteiger partial charge < -0.3 is 25.4 Å². The number of aromatic nitrogens is 1. The molecule has 2 aromatic carbocycles. The number of fused-ring (bicyclic) bond motifs is 1. The van der Waals surface area contributed by atoms with Crippen molar-refractivity contribution in [3.63, 3.8) is 0 Å². The van der Waals surface area contributed by atoms with Crippen LogP contribution in [0.3, 0.4) is 0 Å². The van der Waals surface area contributed by atoms with Crippen LogP contribution in [0.5, 0.6) is 5.75 Å². The molecule has 2 amide bonds. The fraction of sp³-hybridized carbons (Fsp3) is 0.296. The molecule has 36 heavy (non-hydrogen) atoms. The van der Waals surface area contributed by atoms with E-state index < -0.39 is 23.6 Å². The normalized spacial score (nSPS) is 13.2. The number of rotatable bonds is 7. The number of hydrogen-bond donors (Lipinski definition) is 4. The number of nitrogens with one attached hydrogen (secondary N) is 2. The lowest BCUT2D eigenvalue weighted by Crippen LogP contribution is -2.37. The summed E-state index contributed by atoms with van der Waals surface area (Å²) in [4.78, 5) is 37.9. The highest BCUT2D eigenvalue weighted by Gasteiger charge is 2.27. The predicted octanol–water partition coefficient (Wildman–Crippen LogP) is 4.70. The Kier molecular flexibility index (Phi) is 7.35. The number of pyridine rings is 1. The summed E-state index contributed by atoms with van der Waals surface area (Å²) in [6.07, 6.45) is 1.63. The molecule has 9 heteroatoms. The summed E-state index contributed by atoms with van der Waals surface area (Å²) >= 11 is 6.32. The highest BCUT2D eigenvalue weighted by molar-refractivity contribution is 6.31. The number of carbonyl (C=O) groups excluding carboxylic acids is 1. The zero-order valence-electron chi connectivity index (χ0n) is 20.1. The van der Waals surface area contributed by atoms with Crippen molar-refractivity contribution in [1.29, 1.82) is 0 Å². The molecule has 0 fully saturated rings. The molecule has 0 bridgehead atoms. The number of carbonyl (C=O) groups is 2. The van der Waals surface area contributed by atoms with Gasteiger partial charge in [-0.1, -0.05) is 59.1 Å². The molecule has 0 unspecified atom stereocenters. The minimum atomic E-state index is -1.08. The Bertz CT molecular complexity index is 1380. The topological polar surface area (TPSA) is 121 Å². The van der Waals surface area contributed by atoms with E-state index >= 15 is 0 Å². The van der Waals surface area contributed by atoms with Crippen LogP contribution >= 0.6 is 11.6 Å². The average molecular weight is 510 g/mol. The number of nitrogens with zero attached hydrogens (tertiary/aromatic N) is 1. The van der Waals surface area contributed by atoms with E-state index in [4.69, 9.17) is 11.6 Å². The summed E-state index contributed by atoms with van der Waals surface area (Å²) < 4.78 is 1.54. The van der Waals surface area contributed by atoms with Crippen LogP contribution in [0.15, 0.2) is 47.3 Å². The van der Waals surface area contributed by atoms with E-state index in [1.165, 1.54) is 4.57 Å². The maximum Gasteiger partial charge on any atom is 0.319 e. The van der Waals surface area contributed by atoms with Crippen LogP contribution in [0.4, 0.5) is 10.5 Å². The van der Waals surface area contributed by atoms with Gasteiger partial charge in [-0.2, -0.15) is 0 Å². The molecule has 1 atom stereocenters. The van der Waals surface area contributed by atoms with E-state index in [2.05, 4.69) is 10.6 Å². The van der Waals surface area contributed by atoms with Crippen LogP contribution in [-0.4, -0.2) is 26.8 Å². The Morgan fingerprint density at radius 2 is 1.81 bits per heavy atom. The summed E-state index contributed by atoms with van der Waals surface area (Å²) in [7, 11) is 0. The second-order valence-electron chi connectivity index (χ2n) is 9.16. The number of carboxylic acids is 1. The second-order valence-corrected chi connectivity index (χ2v) is 9.56. The van der Waals surface area contributed by atoms with Gasteiger partial charge in [0, 0.05) is 16.3 Å². The molecule has 4 rings (SSSR count). The molecule has 8 nitrogen and oxygen atoms in total. The minimum Gasteiger partial charge on any atom is -0.505 e. The Morgan fingerprint density at radius 3 is 2.47 bits per heavy atom. The molecule has 1 heterocycles. The molecule has 1 aliphatic rings. The molecule has 4 N–H and O–H groups in total. The van der Waals surface area contributed by atoms with Crippen molar-refractivity contribution in [1.82, 2.24) is 9.88 Å². The number of hydrogen-bond acceptors (Lipinski definition) is 4. The molecule has 1 aliphatic carbocycles. The van der Waals surface area contributed by atoms with Crippen molar-refractivity contribution < 1.29 is 19.8 Å². The molecule has 0 saturated carbocycles. The van der Waals surface area contributed by atoms with Gasteiger partial charge in [0.2, 0.25) is 0 Å². The third-order valence-corrected chi connectivity index (χ3v) is 6.72. The molecular weight excluding hydrogens is 482 g/mol. The number of amides is 2. The fourth-order valence-electron chi connectivity index (χ4n) is 4.81. The van der Waals surface area contributed by atoms with E-state index in [1.54, 1.807) is 12.1 Å². The smallest absolute Gasteiger partial charge is 0.319 e. The molecular formula is C27H28ClN3O5. The Hall–Kier alpha value is -3.78. The summed E-state index contributed by atoms with van der Waals surface area (Å²) in [5, 5.41) is 25.9. The molecule has 188 valence electrons. The van der Waals surface area contributed by atoms with E-state index in [0.29, 0.717) is 29.0 Å². The van der Waals surface area contributed by atoms with Crippen molar-refractivity contribution in [2.24, 2.45) is 0 Å². The van der Waals surface area contributed by atoms with Crippen LogP contribution in [0.2, 0.25) is 5.02 Å². The second kappa shape index (κ2) is 10.5. The highest BCUT2D eigenvalue weighted by Crippen LogP contribution is 2.34. The SMILES string of the molecule is Cc1cc(C)cc([C@H](CC(=O)O)NC(=O)Nc2c(O)c3c(n(Cc4ccccc4Cl)c2=O)CCC3)c1. The number of aryl methyl sites for hydroxylation is 2. The van der Waals surface area contributed by atoms with Gasteiger partial charge in [-0.3, -0.25) is 9.59 Å². The van der Waals surface area contributed by atoms with Gasteiger partial charge in [-0.05, 0) is 50.3 Å². The van der Waals surface area contributed by atoms with Crippen LogP contribution in [0.1, 0.15) is 52.4 Å². The van der Waals surface area contributed by atoms with Gasteiger partial charge in [0.25, 0.3) is 5.56 Å². The minimum absolute atomic E-state index is 0.196. The molecule has 1 aromatic heterocycles. The Morgan fingerprint density at radius 1 is 1.11 bits per heavy atom. The third kappa shape index (κ3) is 5.39. The summed E-state index contributed by atoms with van der Waals surface area (Å²) in [6, 6.07) is 11.2. The van der Waals surface area contributed by atoms with Crippen molar-refractivity contribution in [2.75, 3.05) is 5.32 Å². The Labute approximate surface area is 213 Å². The van der Waals surface area contributed by atoms with Gasteiger partial charge in [-0.15, -0.1) is 0 Å². The summed E-state index contributed by atoms with van der Waals surface area (Å²) in [5.74, 6) is -1.33. The van der Waals surface area contributed by atoms with Gasteiger partial charge >= 0.3 is 12.0 Å². The van der Waals surface area contributed by atoms with Gasteiger partial charge in [0.15, 0.2) is 5.69 Å². The molecule has 0 saturated heterocycles. The molecule has 0 spiro atoms. The summed E-state index contributed by atoms with van der Waals surface area (Å²) in [6.45, 7) is 3.97. The van der Waals surface area contributed by atoms with E-state index in [9.17, 15) is 24.6 Å². The quantitative estimate of drug-likeness (QED) is 0.368. The maximum atomic E-state index is 13.4. The Balaban J connectivity index is 1.66. The fourth-order valence-corrected chi connectivity index (χ4v) is 5.01. The number of carboxylic acid groups (broad SMARTS) is 1. The first kappa shape index (κ1) is 25.3. The standard InChI is InChI=1S/C27H28ClN3O5/c1-15-10-16(2)12-18(11-15)21(13-23(32)33)29-27(36)30-24-25(34)19-7-5-9-22(19)31(26(24)35)14-17-6-3-4-8-20(17)28/h3-4,6,8,10-12,21,34H,5,7,9,13-14H2,1-2H3,(H,32,33)(H2,29,30,36)/t21-/m0/s1. The van der Waals surface area contributed by atoms with Crippen LogP contribution in [-0.2, 0) is 24.2 Å². The van der Waals surface area contributed by atoms with Crippen LogP contribution in [0.25, 0.3) is 0 Å². The van der Waals surface area contributed by atoms with Crippen molar-refractivity contribution in [3.05, 3.63) is 91.4 Å². The van der Waals surface area contributed by atoms with Crippen LogP contribution < -0.4 is 16.2 Å². The number of aromatic hydroxyl groups is 1. The molecule has 0 aliphatic heterocycles. The van der Waals surface area contributed by atoms with Crippen molar-refractivity contribution in [3.8, 4) is 5.75 Å². The first-order chi connectivity index (χ1) is 17.1. The molecule has 3 aromatic rings.